The largest absolute Gasteiger partial charge is 0.371 e. The van der Waals surface area contributed by atoms with Crippen molar-refractivity contribution in [1.82, 2.24) is 9.78 Å². The topological polar surface area (TPSA) is 74.0 Å². The van der Waals surface area contributed by atoms with Crippen LogP contribution in [0.15, 0.2) is 23.8 Å². The van der Waals surface area contributed by atoms with E-state index in [2.05, 4.69) is 37.3 Å². The molecule has 3 heterocycles. The molecule has 23 heavy (non-hydrogen) atoms. The van der Waals surface area contributed by atoms with Gasteiger partial charge in [-0.3, -0.25) is 9.48 Å². The summed E-state index contributed by atoms with van der Waals surface area (Å²) >= 11 is 1.43. The van der Waals surface area contributed by atoms with Crippen LogP contribution in [0.1, 0.15) is 32.8 Å². The van der Waals surface area contributed by atoms with Crippen LogP contribution in [0, 0.1) is 11.3 Å². The number of carbonyl (C=O) groups is 1. The number of anilines is 2. The lowest BCUT2D eigenvalue weighted by Crippen LogP contribution is -2.33. The third-order valence-corrected chi connectivity index (χ3v) is 4.76. The van der Waals surface area contributed by atoms with Crippen LogP contribution in [-0.4, -0.2) is 28.3 Å². The molecule has 0 bridgehead atoms. The number of nitrogens with zero attached hydrogens (tertiary/aromatic N) is 4. The highest BCUT2D eigenvalue weighted by Crippen LogP contribution is 2.31. The molecule has 1 aliphatic rings. The molecule has 2 aromatic heterocycles. The van der Waals surface area contributed by atoms with E-state index < -0.39 is 0 Å². The minimum atomic E-state index is -0.277. The van der Waals surface area contributed by atoms with Crippen molar-refractivity contribution in [3.8, 4) is 6.07 Å². The molecule has 1 atom stereocenters. The van der Waals surface area contributed by atoms with Gasteiger partial charge in [0.25, 0.3) is 0 Å². The van der Waals surface area contributed by atoms with Crippen molar-refractivity contribution >= 4 is 27.9 Å². The van der Waals surface area contributed by atoms with Crippen molar-refractivity contribution in [3.63, 3.8) is 0 Å². The van der Waals surface area contributed by atoms with Crippen LogP contribution in [-0.2, 0) is 10.3 Å². The number of hydrogen-bond acceptors (Lipinski definition) is 5. The molecule has 3 rings (SSSR count). The van der Waals surface area contributed by atoms with E-state index in [9.17, 15) is 4.79 Å². The van der Waals surface area contributed by atoms with Crippen LogP contribution >= 0.6 is 11.3 Å². The highest BCUT2D eigenvalue weighted by molar-refractivity contribution is 7.14. The molecule has 0 saturated carbocycles. The molecule has 2 aromatic rings. The number of hydrogen-bond donors (Lipinski definition) is 1. The summed E-state index contributed by atoms with van der Waals surface area (Å²) in [5.74, 6) is 0.00691. The Morgan fingerprint density at radius 1 is 1.48 bits per heavy atom. The standard InChI is InChI=1S/C16H19N5OS/c1-16(2,3)21-10-12(9-18-21)19-13-4-6-20(14(13)22)15-11(8-17)5-7-23-15/h5,7,9-10,13,19H,4,6H2,1-3H3/t13-/m1/s1. The fourth-order valence-electron chi connectivity index (χ4n) is 2.58. The summed E-state index contributed by atoms with van der Waals surface area (Å²) in [6.07, 6.45) is 4.37. The van der Waals surface area contributed by atoms with Gasteiger partial charge in [-0.2, -0.15) is 10.4 Å². The Labute approximate surface area is 139 Å². The highest BCUT2D eigenvalue weighted by Gasteiger charge is 2.34. The second-order valence-corrected chi connectivity index (χ2v) is 7.47. The summed E-state index contributed by atoms with van der Waals surface area (Å²) in [6.45, 7) is 6.85. The second kappa shape index (κ2) is 5.70. The van der Waals surface area contributed by atoms with Crippen molar-refractivity contribution in [2.45, 2.75) is 38.8 Å². The Balaban J connectivity index is 1.73. The molecule has 6 nitrogen and oxygen atoms in total. The molecule has 1 fully saturated rings. The fourth-order valence-corrected chi connectivity index (χ4v) is 3.46. The Bertz CT molecular complexity index is 764. The number of thiophene rings is 1. The SMILES string of the molecule is CC(C)(C)n1cc(N[C@@H]2CCN(c3sccc3C#N)C2=O)cn1. The molecule has 0 radical (unpaired) electrons. The number of carbonyl (C=O) groups excluding carboxylic acids is 1. The van der Waals surface area contributed by atoms with Crippen LogP contribution in [0.3, 0.4) is 0 Å². The Morgan fingerprint density at radius 2 is 2.26 bits per heavy atom. The van der Waals surface area contributed by atoms with Gasteiger partial charge in [-0.25, -0.2) is 0 Å². The van der Waals surface area contributed by atoms with Gasteiger partial charge >= 0.3 is 0 Å². The predicted octanol–water partition coefficient (Wildman–Crippen LogP) is 2.79. The lowest BCUT2D eigenvalue weighted by Gasteiger charge is -2.19. The van der Waals surface area contributed by atoms with Gasteiger partial charge in [-0.1, -0.05) is 0 Å². The molecular formula is C16H19N5OS. The molecule has 1 saturated heterocycles. The fraction of sp³-hybridized carbons (Fsp3) is 0.438. The van der Waals surface area contributed by atoms with Gasteiger partial charge in [-0.05, 0) is 38.6 Å². The minimum absolute atomic E-state index is 0.00691. The first-order valence-electron chi connectivity index (χ1n) is 7.51. The predicted molar refractivity (Wildman–Crippen MR) is 90.6 cm³/mol. The first kappa shape index (κ1) is 15.6. The van der Waals surface area contributed by atoms with E-state index in [1.165, 1.54) is 11.3 Å². The van der Waals surface area contributed by atoms with Crippen LogP contribution in [0.5, 0.6) is 0 Å². The number of nitrogens with one attached hydrogen (secondary N) is 1. The Kier molecular flexibility index (Phi) is 3.86. The molecule has 0 aromatic carbocycles. The van der Waals surface area contributed by atoms with Crippen molar-refractivity contribution in [3.05, 3.63) is 29.4 Å². The zero-order chi connectivity index (χ0) is 16.6. The summed E-state index contributed by atoms with van der Waals surface area (Å²) in [5.41, 5.74) is 1.31. The van der Waals surface area contributed by atoms with E-state index in [1.807, 2.05) is 16.3 Å². The molecule has 1 N–H and O–H groups in total. The van der Waals surface area contributed by atoms with Gasteiger partial charge in [0.1, 0.15) is 17.1 Å². The van der Waals surface area contributed by atoms with Gasteiger partial charge < -0.3 is 10.2 Å². The molecule has 0 aliphatic carbocycles. The lowest BCUT2D eigenvalue weighted by molar-refractivity contribution is -0.117. The molecule has 1 amide bonds. The first-order valence-corrected chi connectivity index (χ1v) is 8.39. The van der Waals surface area contributed by atoms with Crippen molar-refractivity contribution < 1.29 is 4.79 Å². The van der Waals surface area contributed by atoms with Gasteiger partial charge in [0.15, 0.2) is 0 Å². The Morgan fingerprint density at radius 3 is 2.91 bits per heavy atom. The Hall–Kier alpha value is -2.33. The number of nitriles is 1. The first-order chi connectivity index (χ1) is 10.9. The van der Waals surface area contributed by atoms with Gasteiger partial charge in [0, 0.05) is 12.7 Å². The summed E-state index contributed by atoms with van der Waals surface area (Å²) in [4.78, 5) is 14.3. The van der Waals surface area contributed by atoms with Crippen LogP contribution in [0.4, 0.5) is 10.7 Å². The molecule has 1 aliphatic heterocycles. The number of aromatic nitrogens is 2. The van der Waals surface area contributed by atoms with Crippen molar-refractivity contribution in [2.24, 2.45) is 0 Å². The van der Waals surface area contributed by atoms with Crippen molar-refractivity contribution in [2.75, 3.05) is 16.8 Å². The normalized spacial score (nSPS) is 18.3. The van der Waals surface area contributed by atoms with E-state index in [4.69, 9.17) is 5.26 Å². The van der Waals surface area contributed by atoms with E-state index in [0.29, 0.717) is 18.5 Å². The highest BCUT2D eigenvalue weighted by atomic mass is 32.1. The van der Waals surface area contributed by atoms with Crippen LogP contribution < -0.4 is 10.2 Å². The third kappa shape index (κ3) is 2.94. The number of amides is 1. The summed E-state index contributed by atoms with van der Waals surface area (Å²) < 4.78 is 1.87. The maximum atomic E-state index is 12.6. The summed E-state index contributed by atoms with van der Waals surface area (Å²) in [6, 6.07) is 3.62. The molecule has 0 spiro atoms. The average molecular weight is 329 g/mol. The second-order valence-electron chi connectivity index (χ2n) is 6.57. The average Bonchev–Trinajstić information content (AvgIpc) is 3.19. The molecule has 7 heteroatoms. The number of rotatable bonds is 3. The van der Waals surface area contributed by atoms with E-state index in [-0.39, 0.29) is 17.5 Å². The van der Waals surface area contributed by atoms with E-state index >= 15 is 0 Å². The monoisotopic (exact) mass is 329 g/mol. The van der Waals surface area contributed by atoms with Gasteiger partial charge in [0.05, 0.1) is 23.0 Å². The molecular weight excluding hydrogens is 310 g/mol. The summed E-state index contributed by atoms with van der Waals surface area (Å²) in [7, 11) is 0. The zero-order valence-corrected chi connectivity index (χ0v) is 14.2. The van der Waals surface area contributed by atoms with Crippen LogP contribution in [0.2, 0.25) is 0 Å². The quantitative estimate of drug-likeness (QED) is 0.939. The van der Waals surface area contributed by atoms with Gasteiger partial charge in [-0.15, -0.1) is 11.3 Å². The molecule has 120 valence electrons. The maximum absolute atomic E-state index is 12.6. The zero-order valence-electron chi connectivity index (χ0n) is 13.4. The molecule has 0 unspecified atom stereocenters. The van der Waals surface area contributed by atoms with E-state index in [0.717, 1.165) is 10.7 Å². The maximum Gasteiger partial charge on any atom is 0.250 e. The van der Waals surface area contributed by atoms with Gasteiger partial charge in [0.2, 0.25) is 5.91 Å². The third-order valence-electron chi connectivity index (χ3n) is 3.83. The van der Waals surface area contributed by atoms with E-state index in [1.54, 1.807) is 17.2 Å². The smallest absolute Gasteiger partial charge is 0.250 e. The van der Waals surface area contributed by atoms with Crippen LogP contribution in [0.25, 0.3) is 0 Å². The van der Waals surface area contributed by atoms with Crippen molar-refractivity contribution in [1.29, 1.82) is 5.26 Å². The minimum Gasteiger partial charge on any atom is -0.371 e. The lowest BCUT2D eigenvalue weighted by atomic mass is 10.1. The summed E-state index contributed by atoms with van der Waals surface area (Å²) in [5, 5.41) is 19.3.